The quantitative estimate of drug-likeness (QED) is 0.623. The molecule has 0 saturated carbocycles. The molecule has 0 radical (unpaired) electrons. The number of benzene rings is 2. The lowest BCUT2D eigenvalue weighted by Gasteiger charge is -2.19. The van der Waals surface area contributed by atoms with Crippen LogP contribution in [-0.4, -0.2) is 16.2 Å². The molecule has 1 aliphatic carbocycles. The second-order valence-corrected chi connectivity index (χ2v) is 7.20. The summed E-state index contributed by atoms with van der Waals surface area (Å²) in [5.41, 5.74) is 4.05. The Balaban J connectivity index is 1.43. The van der Waals surface area contributed by atoms with Gasteiger partial charge in [-0.1, -0.05) is 48.5 Å². The van der Waals surface area contributed by atoms with Crippen molar-refractivity contribution in [3.8, 4) is 17.1 Å². The van der Waals surface area contributed by atoms with Crippen LogP contribution in [0.5, 0.6) is 5.75 Å². The van der Waals surface area contributed by atoms with Crippen molar-refractivity contribution >= 4 is 5.97 Å². The Morgan fingerprint density at radius 3 is 2.82 bits per heavy atom. The maximum absolute atomic E-state index is 11.5. The summed E-state index contributed by atoms with van der Waals surface area (Å²) >= 11 is 0. The second kappa shape index (κ2) is 7.89. The average molecular weight is 377 g/mol. The van der Waals surface area contributed by atoms with E-state index in [0.29, 0.717) is 13.0 Å². The lowest BCUT2D eigenvalue weighted by atomic mass is 9.85. The molecule has 2 unspecified atom stereocenters. The predicted molar refractivity (Wildman–Crippen MR) is 105 cm³/mol. The van der Waals surface area contributed by atoms with Crippen molar-refractivity contribution in [3.63, 3.8) is 0 Å². The van der Waals surface area contributed by atoms with E-state index >= 15 is 0 Å². The molecule has 4 rings (SSSR count). The molecule has 144 valence electrons. The van der Waals surface area contributed by atoms with Crippen molar-refractivity contribution in [2.45, 2.75) is 38.7 Å². The number of fused-ring (bicyclic) bond motifs is 1. The monoisotopic (exact) mass is 377 g/mol. The van der Waals surface area contributed by atoms with Crippen molar-refractivity contribution in [1.29, 1.82) is 0 Å². The molecule has 0 amide bonds. The van der Waals surface area contributed by atoms with Crippen LogP contribution in [0.3, 0.4) is 0 Å². The van der Waals surface area contributed by atoms with Crippen LogP contribution >= 0.6 is 0 Å². The van der Waals surface area contributed by atoms with Gasteiger partial charge in [-0.3, -0.25) is 4.79 Å². The summed E-state index contributed by atoms with van der Waals surface area (Å²) in [6.07, 6.45) is 2.42. The minimum atomic E-state index is -0.707. The van der Waals surface area contributed by atoms with Crippen molar-refractivity contribution < 1.29 is 19.2 Å². The summed E-state index contributed by atoms with van der Waals surface area (Å²) in [6.45, 7) is 2.27. The fourth-order valence-electron chi connectivity index (χ4n) is 4.04. The molecular formula is C23H23NO4. The SMILES string of the molecule is CCC(C(=O)O)C1CCc2cc(OCc3cc(-c4ccccc4)on3)ccc21. The highest BCUT2D eigenvalue weighted by molar-refractivity contribution is 5.72. The molecule has 3 aromatic rings. The molecule has 5 nitrogen and oxygen atoms in total. The van der Waals surface area contributed by atoms with Crippen molar-refractivity contribution in [2.24, 2.45) is 5.92 Å². The Bertz CT molecular complexity index is 964. The first kappa shape index (κ1) is 18.3. The third-order valence-electron chi connectivity index (χ3n) is 5.49. The Hall–Kier alpha value is -3.08. The lowest BCUT2D eigenvalue weighted by molar-refractivity contribution is -0.142. The molecule has 0 spiro atoms. The van der Waals surface area contributed by atoms with Gasteiger partial charge in [-0.15, -0.1) is 0 Å². The fraction of sp³-hybridized carbons (Fsp3) is 0.304. The number of hydrogen-bond acceptors (Lipinski definition) is 4. The molecule has 28 heavy (non-hydrogen) atoms. The smallest absolute Gasteiger partial charge is 0.307 e. The number of nitrogens with zero attached hydrogens (tertiary/aromatic N) is 1. The first-order chi connectivity index (χ1) is 13.7. The Kier molecular flexibility index (Phi) is 5.15. The van der Waals surface area contributed by atoms with Crippen LogP contribution in [0.2, 0.25) is 0 Å². The van der Waals surface area contributed by atoms with E-state index in [9.17, 15) is 9.90 Å². The van der Waals surface area contributed by atoms with Gasteiger partial charge in [0.2, 0.25) is 0 Å². The molecule has 2 aromatic carbocycles. The number of aliphatic carboxylic acids is 1. The minimum absolute atomic E-state index is 0.0931. The molecule has 1 N–H and O–H groups in total. The van der Waals surface area contributed by atoms with Gasteiger partial charge in [-0.25, -0.2) is 0 Å². The van der Waals surface area contributed by atoms with Gasteiger partial charge < -0.3 is 14.4 Å². The standard InChI is InChI=1S/C23H23NO4/c1-2-19(23(25)26)21-10-8-16-12-18(9-11-20(16)21)27-14-17-13-22(28-24-17)15-6-4-3-5-7-15/h3-7,9,11-13,19,21H,2,8,10,14H2,1H3,(H,25,26). The number of aryl methyl sites for hydroxylation is 1. The Morgan fingerprint density at radius 2 is 2.07 bits per heavy atom. The van der Waals surface area contributed by atoms with E-state index in [1.807, 2.05) is 61.5 Å². The Morgan fingerprint density at radius 1 is 1.25 bits per heavy atom. The molecule has 1 aliphatic rings. The van der Waals surface area contributed by atoms with Crippen molar-refractivity contribution in [1.82, 2.24) is 5.16 Å². The van der Waals surface area contributed by atoms with Crippen LogP contribution in [0.25, 0.3) is 11.3 Å². The predicted octanol–water partition coefficient (Wildman–Crippen LogP) is 5.06. The first-order valence-electron chi connectivity index (χ1n) is 9.65. The van der Waals surface area contributed by atoms with Gasteiger partial charge >= 0.3 is 5.97 Å². The third kappa shape index (κ3) is 3.65. The van der Waals surface area contributed by atoms with E-state index in [-0.39, 0.29) is 11.8 Å². The fourth-order valence-corrected chi connectivity index (χ4v) is 4.04. The zero-order valence-electron chi connectivity index (χ0n) is 15.8. The van der Waals surface area contributed by atoms with Gasteiger partial charge in [0.1, 0.15) is 18.1 Å². The molecule has 5 heteroatoms. The van der Waals surface area contributed by atoms with Gasteiger partial charge in [-0.2, -0.15) is 0 Å². The minimum Gasteiger partial charge on any atom is -0.487 e. The summed E-state index contributed by atoms with van der Waals surface area (Å²) < 4.78 is 11.3. The van der Waals surface area contributed by atoms with Crippen molar-refractivity contribution in [3.05, 3.63) is 71.4 Å². The molecule has 0 aliphatic heterocycles. The van der Waals surface area contributed by atoms with Crippen LogP contribution in [0.15, 0.2) is 59.1 Å². The first-order valence-corrected chi connectivity index (χ1v) is 9.65. The van der Waals surface area contributed by atoms with Crippen LogP contribution in [0, 0.1) is 5.92 Å². The highest BCUT2D eigenvalue weighted by Gasteiger charge is 2.33. The van der Waals surface area contributed by atoms with E-state index in [0.717, 1.165) is 41.2 Å². The highest BCUT2D eigenvalue weighted by atomic mass is 16.5. The van der Waals surface area contributed by atoms with E-state index in [4.69, 9.17) is 9.26 Å². The lowest BCUT2D eigenvalue weighted by Crippen LogP contribution is -2.19. The van der Waals surface area contributed by atoms with Crippen LogP contribution in [0.4, 0.5) is 0 Å². The molecule has 0 bridgehead atoms. The maximum Gasteiger partial charge on any atom is 0.307 e. The van der Waals surface area contributed by atoms with E-state index < -0.39 is 5.97 Å². The van der Waals surface area contributed by atoms with Gasteiger partial charge in [0.25, 0.3) is 0 Å². The number of carboxylic acids is 1. The maximum atomic E-state index is 11.5. The zero-order valence-corrected chi connectivity index (χ0v) is 15.8. The van der Waals surface area contributed by atoms with Gasteiger partial charge in [0.15, 0.2) is 5.76 Å². The van der Waals surface area contributed by atoms with Crippen LogP contribution < -0.4 is 4.74 Å². The summed E-state index contributed by atoms with van der Waals surface area (Å²) in [6, 6.07) is 17.7. The molecule has 1 aromatic heterocycles. The number of carboxylic acid groups (broad SMARTS) is 1. The van der Waals surface area contributed by atoms with Gasteiger partial charge in [0.05, 0.1) is 5.92 Å². The van der Waals surface area contributed by atoms with Crippen molar-refractivity contribution in [2.75, 3.05) is 0 Å². The molecule has 2 atom stereocenters. The number of hydrogen-bond donors (Lipinski definition) is 1. The molecule has 0 saturated heterocycles. The van der Waals surface area contributed by atoms with Gasteiger partial charge in [-0.05, 0) is 48.4 Å². The molecule has 0 fully saturated rings. The summed E-state index contributed by atoms with van der Waals surface area (Å²) in [5, 5.41) is 13.5. The number of ether oxygens (including phenoxy) is 1. The highest BCUT2D eigenvalue weighted by Crippen LogP contribution is 2.41. The third-order valence-corrected chi connectivity index (χ3v) is 5.49. The van der Waals surface area contributed by atoms with Gasteiger partial charge in [0, 0.05) is 11.6 Å². The van der Waals surface area contributed by atoms with E-state index in [1.54, 1.807) is 0 Å². The largest absolute Gasteiger partial charge is 0.487 e. The van der Waals surface area contributed by atoms with Crippen LogP contribution in [-0.2, 0) is 17.8 Å². The van der Waals surface area contributed by atoms with E-state index in [2.05, 4.69) is 5.16 Å². The van der Waals surface area contributed by atoms with E-state index in [1.165, 1.54) is 5.56 Å². The number of carbonyl (C=O) groups is 1. The number of aromatic nitrogens is 1. The summed E-state index contributed by atoms with van der Waals surface area (Å²) in [4.78, 5) is 11.5. The normalized spacial score (nSPS) is 16.5. The average Bonchev–Trinajstić information content (AvgIpc) is 3.35. The molecular weight excluding hydrogens is 354 g/mol. The summed E-state index contributed by atoms with van der Waals surface area (Å²) in [7, 11) is 0. The second-order valence-electron chi connectivity index (χ2n) is 7.20. The molecule has 1 heterocycles. The number of rotatable bonds is 7. The van der Waals surface area contributed by atoms with Crippen LogP contribution in [0.1, 0.15) is 42.5 Å². The summed E-state index contributed by atoms with van der Waals surface area (Å²) in [5.74, 6) is 0.554. The Labute approximate surface area is 163 Å². The zero-order chi connectivity index (χ0) is 19.5. The topological polar surface area (TPSA) is 72.6 Å².